The van der Waals surface area contributed by atoms with E-state index in [1.165, 1.54) is 11.8 Å². The number of hydrogen-bond acceptors (Lipinski definition) is 5. The number of anilines is 1. The fraction of sp³-hybridized carbons (Fsp3) is 0.333. The Balaban J connectivity index is 1.30. The Morgan fingerprint density at radius 2 is 1.71 bits per heavy atom. The molecular weight excluding hydrogens is 649 g/mol. The molecule has 5 aromatic rings. The number of benzene rings is 4. The molecular formula is C45H48N2O5. The summed E-state index contributed by atoms with van der Waals surface area (Å²) in [4.78, 5) is 30.1. The number of amides is 2. The number of para-hydroxylation sites is 1. The van der Waals surface area contributed by atoms with Crippen LogP contribution in [-0.2, 0) is 13.0 Å². The van der Waals surface area contributed by atoms with Gasteiger partial charge in [0.2, 0.25) is 5.78 Å². The zero-order valence-electron chi connectivity index (χ0n) is 30.1. The van der Waals surface area contributed by atoms with Crippen molar-refractivity contribution in [3.8, 4) is 0 Å². The molecule has 7 nitrogen and oxygen atoms in total. The molecule has 3 aliphatic rings. The molecule has 0 aliphatic heterocycles. The first kappa shape index (κ1) is 35.4. The number of hydrogen-bond donors (Lipinski definition) is 3. The largest absolute Gasteiger partial charge is 0.461 e. The van der Waals surface area contributed by atoms with Crippen molar-refractivity contribution in [3.05, 3.63) is 149 Å². The van der Waals surface area contributed by atoms with Crippen molar-refractivity contribution in [3.63, 3.8) is 0 Å². The number of carbonyl (C=O) groups is 2. The van der Waals surface area contributed by atoms with E-state index in [0.29, 0.717) is 49.9 Å². The number of fused-ring (bicyclic) bond motifs is 9. The summed E-state index contributed by atoms with van der Waals surface area (Å²) in [6.07, 6.45) is 7.49. The first-order chi connectivity index (χ1) is 25.1. The summed E-state index contributed by atoms with van der Waals surface area (Å²) in [7, 11) is 0. The summed E-state index contributed by atoms with van der Waals surface area (Å²) >= 11 is 0. The Bertz CT molecular complexity index is 2070. The maximum atomic E-state index is 14.3. The summed E-state index contributed by atoms with van der Waals surface area (Å²) in [6, 6.07) is 32.8. The van der Waals surface area contributed by atoms with Gasteiger partial charge in [-0.15, -0.1) is 0 Å². The summed E-state index contributed by atoms with van der Waals surface area (Å²) < 4.78 is 5.60. The van der Waals surface area contributed by atoms with Crippen LogP contribution in [0.25, 0.3) is 10.8 Å². The number of furan rings is 1. The van der Waals surface area contributed by atoms with Crippen LogP contribution in [0.3, 0.4) is 0 Å². The van der Waals surface area contributed by atoms with Gasteiger partial charge in [0.25, 0.3) is 0 Å². The Labute approximate surface area is 306 Å². The average Bonchev–Trinajstić information content (AvgIpc) is 3.77. The third-order valence-electron chi connectivity index (χ3n) is 11.7. The van der Waals surface area contributed by atoms with Crippen LogP contribution in [0.1, 0.15) is 91.1 Å². The van der Waals surface area contributed by atoms with Crippen molar-refractivity contribution in [2.45, 2.75) is 83.0 Å². The number of ketones is 1. The van der Waals surface area contributed by atoms with Gasteiger partial charge in [0.15, 0.2) is 5.76 Å². The average molecular weight is 697 g/mol. The van der Waals surface area contributed by atoms with Gasteiger partial charge < -0.3 is 24.8 Å². The summed E-state index contributed by atoms with van der Waals surface area (Å²) in [5.74, 6) is -0.136. The molecule has 1 heterocycles. The molecule has 7 heteroatoms. The van der Waals surface area contributed by atoms with Crippen molar-refractivity contribution in [2.75, 3.05) is 11.9 Å². The summed E-state index contributed by atoms with van der Waals surface area (Å²) in [6.45, 7) is 4.66. The van der Waals surface area contributed by atoms with E-state index in [-0.39, 0.29) is 30.0 Å². The number of carbonyl (C=O) groups excluding carboxylic acids is 2. The van der Waals surface area contributed by atoms with Crippen LogP contribution in [0.5, 0.6) is 0 Å². The molecule has 2 bridgehead atoms. The minimum atomic E-state index is -1.28. The Morgan fingerprint density at radius 3 is 2.52 bits per heavy atom. The van der Waals surface area contributed by atoms with Crippen molar-refractivity contribution < 1.29 is 24.2 Å². The number of urea groups is 1. The second-order valence-electron chi connectivity index (χ2n) is 15.0. The fourth-order valence-electron chi connectivity index (χ4n) is 8.61. The van der Waals surface area contributed by atoms with Crippen LogP contribution in [0.15, 0.2) is 125 Å². The highest BCUT2D eigenvalue weighted by Crippen LogP contribution is 2.59. The van der Waals surface area contributed by atoms with E-state index in [1.54, 1.807) is 17.0 Å². The van der Waals surface area contributed by atoms with Crippen molar-refractivity contribution >= 4 is 28.3 Å². The van der Waals surface area contributed by atoms with E-state index >= 15 is 0 Å². The number of aliphatic hydroxyl groups excluding tert-OH is 1. The molecule has 0 spiro atoms. The molecule has 2 amide bonds. The maximum absolute atomic E-state index is 14.3. The van der Waals surface area contributed by atoms with E-state index < -0.39 is 17.1 Å². The molecule has 3 N–H and O–H groups in total. The molecule has 3 aliphatic carbocycles. The second-order valence-corrected chi connectivity index (χ2v) is 15.0. The first-order valence-electron chi connectivity index (χ1n) is 18.5. The van der Waals surface area contributed by atoms with Crippen molar-refractivity contribution in [1.29, 1.82) is 0 Å². The number of aliphatic hydroxyl groups is 2. The normalized spacial score (nSPS) is 23.4. The highest BCUT2D eigenvalue weighted by atomic mass is 16.3. The van der Waals surface area contributed by atoms with Gasteiger partial charge in [-0.2, -0.15) is 0 Å². The van der Waals surface area contributed by atoms with E-state index in [1.807, 2.05) is 66.7 Å². The highest BCUT2D eigenvalue weighted by Gasteiger charge is 2.57. The predicted octanol–water partition coefficient (Wildman–Crippen LogP) is 9.44. The van der Waals surface area contributed by atoms with Crippen molar-refractivity contribution in [1.82, 2.24) is 4.90 Å². The zero-order chi connectivity index (χ0) is 36.3. The first-order valence-corrected chi connectivity index (χ1v) is 18.5. The number of nitrogens with zero attached hydrogens (tertiary/aromatic N) is 1. The van der Waals surface area contributed by atoms with Gasteiger partial charge in [-0.05, 0) is 116 Å². The van der Waals surface area contributed by atoms with Gasteiger partial charge in [0, 0.05) is 23.2 Å². The number of nitrogens with one attached hydrogen (secondary N) is 1. The van der Waals surface area contributed by atoms with Crippen LogP contribution in [0, 0.1) is 5.41 Å². The lowest BCUT2D eigenvalue weighted by Crippen LogP contribution is -2.54. The number of allylic oxidation sites excluding steroid dienone is 2. The fourth-order valence-corrected chi connectivity index (χ4v) is 8.61. The molecule has 8 rings (SSSR count). The summed E-state index contributed by atoms with van der Waals surface area (Å²) in [5, 5.41) is 29.3. The quantitative estimate of drug-likeness (QED) is 0.116. The molecule has 1 aromatic heterocycles. The maximum Gasteiger partial charge on any atom is 0.322 e. The van der Waals surface area contributed by atoms with Crippen molar-refractivity contribution in [2.24, 2.45) is 5.41 Å². The molecule has 4 aromatic carbocycles. The van der Waals surface area contributed by atoms with Crippen LogP contribution in [0.4, 0.5) is 10.5 Å². The van der Waals surface area contributed by atoms with Gasteiger partial charge in [0.05, 0.1) is 24.5 Å². The van der Waals surface area contributed by atoms with Crippen LogP contribution in [-0.4, -0.2) is 45.2 Å². The lowest BCUT2D eigenvalue weighted by molar-refractivity contribution is -0.0773. The monoisotopic (exact) mass is 696 g/mol. The SMILES string of the molecule is CC1=CCC[C@@]2(C)[C@@H](CC[C@@]2(O)CN(Cc2cccc3ccccc23)C(=O)Nc2ccccc2)c2ccc(cc2C(=O)c2ccco2)C[C@@H](O)CC1. The Hall–Kier alpha value is -4.98. The third kappa shape index (κ3) is 7.21. The molecule has 0 radical (unpaired) electrons. The molecule has 0 saturated heterocycles. The third-order valence-corrected chi connectivity index (χ3v) is 11.7. The lowest BCUT2D eigenvalue weighted by Gasteiger charge is -2.46. The molecule has 4 atom stereocenters. The Morgan fingerprint density at radius 1 is 0.923 bits per heavy atom. The van der Waals surface area contributed by atoms with Crippen LogP contribution >= 0.6 is 0 Å². The molecule has 1 saturated carbocycles. The zero-order valence-corrected chi connectivity index (χ0v) is 30.1. The van der Waals surface area contributed by atoms with Gasteiger partial charge >= 0.3 is 6.03 Å². The van der Waals surface area contributed by atoms with Gasteiger partial charge in [-0.1, -0.05) is 91.4 Å². The molecule has 268 valence electrons. The van der Waals surface area contributed by atoms with Gasteiger partial charge in [-0.3, -0.25) is 4.79 Å². The lowest BCUT2D eigenvalue weighted by atomic mass is 9.64. The minimum Gasteiger partial charge on any atom is -0.461 e. The predicted molar refractivity (Wildman–Crippen MR) is 205 cm³/mol. The number of rotatable bonds is 7. The van der Waals surface area contributed by atoms with Crippen LogP contribution < -0.4 is 5.32 Å². The van der Waals surface area contributed by atoms with E-state index in [9.17, 15) is 19.8 Å². The highest BCUT2D eigenvalue weighted by molar-refractivity contribution is 6.08. The minimum absolute atomic E-state index is 0.107. The Kier molecular flexibility index (Phi) is 10.2. The molecule has 52 heavy (non-hydrogen) atoms. The van der Waals surface area contributed by atoms with Gasteiger partial charge in [-0.25, -0.2) is 4.79 Å². The van der Waals surface area contributed by atoms with Gasteiger partial charge in [0.1, 0.15) is 0 Å². The van der Waals surface area contributed by atoms with E-state index in [2.05, 4.69) is 49.5 Å². The topological polar surface area (TPSA) is 103 Å². The van der Waals surface area contributed by atoms with E-state index in [0.717, 1.165) is 40.3 Å². The standard InChI is InChI=1S/C45H48N2O5/c1-31-11-9-24-44(2)40(38-22-20-32(27-36(48)21-19-31)28-39(38)42(49)41-18-10-26-52-41)23-25-45(44,51)30-47(43(50)46-35-15-4-3-5-16-35)29-34-14-8-13-33-12-6-7-17-37(33)34/h3-8,10-18,20,22,26,28,36,40,48,51H,9,19,21,23-25,27,29-30H2,1-2H3,(H,46,50)/t36-,40-,44-,45+/m0/s1. The molecule has 0 unspecified atom stereocenters. The molecule has 1 fully saturated rings. The van der Waals surface area contributed by atoms with E-state index in [4.69, 9.17) is 4.42 Å². The second kappa shape index (κ2) is 14.9. The smallest absolute Gasteiger partial charge is 0.322 e. The van der Waals surface area contributed by atoms with Crippen LogP contribution in [0.2, 0.25) is 0 Å². The summed E-state index contributed by atoms with van der Waals surface area (Å²) in [5.41, 5.74) is 3.19.